The topological polar surface area (TPSA) is 73.4 Å². The summed E-state index contributed by atoms with van der Waals surface area (Å²) in [5.74, 6) is 1.06. The van der Waals surface area contributed by atoms with Gasteiger partial charge in [0.25, 0.3) is 5.91 Å². The first-order valence-electron chi connectivity index (χ1n) is 10.0. The van der Waals surface area contributed by atoms with Gasteiger partial charge in [0.2, 0.25) is 0 Å². The number of carbonyl (C=O) groups is 1. The highest BCUT2D eigenvalue weighted by Crippen LogP contribution is 2.30. The Bertz CT molecular complexity index is 1280. The number of carbonyl (C=O) groups excluding carboxylic acids is 1. The number of thiophene rings is 1. The van der Waals surface area contributed by atoms with Gasteiger partial charge in [0.1, 0.15) is 11.9 Å². The maximum atomic E-state index is 12.4. The Balaban J connectivity index is 1.45. The van der Waals surface area contributed by atoms with Gasteiger partial charge in [-0.2, -0.15) is 16.6 Å². The lowest BCUT2D eigenvalue weighted by Gasteiger charge is -2.34. The van der Waals surface area contributed by atoms with Crippen molar-refractivity contribution in [1.29, 1.82) is 5.26 Å². The van der Waals surface area contributed by atoms with Crippen LogP contribution in [0.25, 0.3) is 16.7 Å². The fourth-order valence-corrected chi connectivity index (χ4v) is 4.85. The van der Waals surface area contributed by atoms with Crippen LogP contribution in [0.4, 0.5) is 5.82 Å². The number of nitrogens with zero attached hydrogens (tertiary/aromatic N) is 4. The van der Waals surface area contributed by atoms with E-state index in [9.17, 15) is 10.1 Å². The molecule has 1 N–H and O–H groups in total. The molecule has 0 aliphatic carbocycles. The SMILES string of the molecule is Cc1cc(N2CCC(NC(=O)c3ccsc3)CC2)n2c(nc3ccccc32)c1C#N. The van der Waals surface area contributed by atoms with E-state index in [1.807, 2.05) is 48.0 Å². The molecule has 1 saturated heterocycles. The molecule has 1 aliphatic rings. The third kappa shape index (κ3) is 3.10. The Kier molecular flexibility index (Phi) is 4.64. The number of para-hydroxylation sites is 2. The number of pyridine rings is 1. The molecule has 0 bridgehead atoms. The summed E-state index contributed by atoms with van der Waals surface area (Å²) in [6.45, 7) is 3.64. The van der Waals surface area contributed by atoms with Crippen LogP contribution in [-0.2, 0) is 0 Å². The summed E-state index contributed by atoms with van der Waals surface area (Å²) in [4.78, 5) is 19.4. The highest BCUT2D eigenvalue weighted by Gasteiger charge is 2.25. The molecular formula is C23H21N5OS. The zero-order valence-electron chi connectivity index (χ0n) is 16.6. The van der Waals surface area contributed by atoms with Crippen LogP contribution in [0.1, 0.15) is 34.3 Å². The highest BCUT2D eigenvalue weighted by atomic mass is 32.1. The van der Waals surface area contributed by atoms with Crippen molar-refractivity contribution >= 4 is 39.7 Å². The summed E-state index contributed by atoms with van der Waals surface area (Å²) in [7, 11) is 0. The van der Waals surface area contributed by atoms with Crippen LogP contribution in [0.3, 0.4) is 0 Å². The molecule has 1 aliphatic heterocycles. The van der Waals surface area contributed by atoms with Crippen molar-refractivity contribution < 1.29 is 4.79 Å². The molecule has 5 rings (SSSR count). The largest absolute Gasteiger partial charge is 0.358 e. The summed E-state index contributed by atoms with van der Waals surface area (Å²) in [6, 6.07) is 14.4. The number of nitriles is 1. The van der Waals surface area contributed by atoms with E-state index in [4.69, 9.17) is 4.98 Å². The number of nitrogens with one attached hydrogen (secondary N) is 1. The average Bonchev–Trinajstić information content (AvgIpc) is 3.42. The van der Waals surface area contributed by atoms with Gasteiger partial charge in [0.15, 0.2) is 5.65 Å². The minimum absolute atomic E-state index is 0.00640. The molecule has 0 spiro atoms. The van der Waals surface area contributed by atoms with Gasteiger partial charge in [0.05, 0.1) is 16.6 Å². The number of piperidine rings is 1. The second-order valence-corrected chi connectivity index (χ2v) is 8.46. The van der Waals surface area contributed by atoms with E-state index in [0.717, 1.165) is 53.9 Å². The first-order chi connectivity index (χ1) is 14.7. The number of rotatable bonds is 3. The molecule has 7 heteroatoms. The molecule has 0 unspecified atom stereocenters. The molecule has 0 radical (unpaired) electrons. The van der Waals surface area contributed by atoms with Gasteiger partial charge in [-0.15, -0.1) is 0 Å². The minimum atomic E-state index is 0.00640. The number of hydrogen-bond donors (Lipinski definition) is 1. The predicted molar refractivity (Wildman–Crippen MR) is 119 cm³/mol. The number of aryl methyl sites for hydroxylation is 1. The Morgan fingerprint density at radius 1 is 1.27 bits per heavy atom. The quantitative estimate of drug-likeness (QED) is 0.546. The normalized spacial score (nSPS) is 14.9. The summed E-state index contributed by atoms with van der Waals surface area (Å²) in [5.41, 5.74) is 4.89. The molecule has 1 amide bonds. The zero-order chi connectivity index (χ0) is 20.7. The zero-order valence-corrected chi connectivity index (χ0v) is 17.4. The maximum Gasteiger partial charge on any atom is 0.252 e. The van der Waals surface area contributed by atoms with E-state index >= 15 is 0 Å². The highest BCUT2D eigenvalue weighted by molar-refractivity contribution is 7.08. The Morgan fingerprint density at radius 3 is 2.80 bits per heavy atom. The lowest BCUT2D eigenvalue weighted by atomic mass is 10.0. The van der Waals surface area contributed by atoms with Crippen LogP contribution < -0.4 is 10.2 Å². The molecule has 3 aromatic heterocycles. The van der Waals surface area contributed by atoms with Gasteiger partial charge in [-0.1, -0.05) is 12.1 Å². The summed E-state index contributed by atoms with van der Waals surface area (Å²) in [6.07, 6.45) is 1.76. The lowest BCUT2D eigenvalue weighted by Crippen LogP contribution is -2.45. The summed E-state index contributed by atoms with van der Waals surface area (Å²) >= 11 is 1.53. The number of fused-ring (bicyclic) bond motifs is 3. The van der Waals surface area contributed by atoms with Gasteiger partial charge in [-0.05, 0) is 55.0 Å². The molecule has 30 heavy (non-hydrogen) atoms. The molecule has 6 nitrogen and oxygen atoms in total. The van der Waals surface area contributed by atoms with E-state index in [2.05, 4.69) is 26.8 Å². The van der Waals surface area contributed by atoms with Crippen LogP contribution in [0.15, 0.2) is 47.2 Å². The van der Waals surface area contributed by atoms with E-state index in [1.54, 1.807) is 0 Å². The molecule has 4 aromatic rings. The van der Waals surface area contributed by atoms with Crippen molar-refractivity contribution in [3.8, 4) is 6.07 Å². The molecule has 4 heterocycles. The van der Waals surface area contributed by atoms with E-state index in [1.165, 1.54) is 11.3 Å². The first kappa shape index (κ1) is 18.6. The fourth-order valence-electron chi connectivity index (χ4n) is 4.22. The van der Waals surface area contributed by atoms with Gasteiger partial charge in [-0.25, -0.2) is 4.98 Å². The number of aromatic nitrogens is 2. The van der Waals surface area contributed by atoms with Crippen molar-refractivity contribution in [1.82, 2.24) is 14.7 Å². The monoisotopic (exact) mass is 415 g/mol. The third-order valence-corrected chi connectivity index (χ3v) is 6.49. The van der Waals surface area contributed by atoms with Crippen molar-refractivity contribution in [2.45, 2.75) is 25.8 Å². The van der Waals surface area contributed by atoms with Crippen LogP contribution in [-0.4, -0.2) is 34.4 Å². The number of imidazole rings is 1. The van der Waals surface area contributed by atoms with Gasteiger partial charge in [0, 0.05) is 30.1 Å². The summed E-state index contributed by atoms with van der Waals surface area (Å²) < 4.78 is 2.10. The van der Waals surface area contributed by atoms with Crippen molar-refractivity contribution in [3.05, 3.63) is 63.8 Å². The van der Waals surface area contributed by atoms with E-state index in [-0.39, 0.29) is 11.9 Å². The molecular weight excluding hydrogens is 394 g/mol. The second kappa shape index (κ2) is 7.47. The Labute approximate surface area is 178 Å². The van der Waals surface area contributed by atoms with Crippen molar-refractivity contribution in [2.24, 2.45) is 0 Å². The smallest absolute Gasteiger partial charge is 0.252 e. The van der Waals surface area contributed by atoms with Crippen LogP contribution in [0, 0.1) is 18.3 Å². The number of anilines is 1. The van der Waals surface area contributed by atoms with Gasteiger partial charge in [-0.3, -0.25) is 9.20 Å². The maximum absolute atomic E-state index is 12.4. The predicted octanol–water partition coefficient (Wildman–Crippen LogP) is 4.13. The van der Waals surface area contributed by atoms with Gasteiger partial charge < -0.3 is 10.2 Å². The second-order valence-electron chi connectivity index (χ2n) is 7.68. The van der Waals surface area contributed by atoms with Crippen LogP contribution in [0.2, 0.25) is 0 Å². The average molecular weight is 416 g/mol. The van der Waals surface area contributed by atoms with E-state index in [0.29, 0.717) is 11.2 Å². The molecule has 1 aromatic carbocycles. The van der Waals surface area contributed by atoms with Crippen LogP contribution in [0.5, 0.6) is 0 Å². The fraction of sp³-hybridized carbons (Fsp3) is 0.261. The number of hydrogen-bond acceptors (Lipinski definition) is 5. The van der Waals surface area contributed by atoms with E-state index < -0.39 is 0 Å². The first-order valence-corrected chi connectivity index (χ1v) is 11.0. The molecule has 0 atom stereocenters. The Hall–Kier alpha value is -3.37. The lowest BCUT2D eigenvalue weighted by molar-refractivity contribution is 0.0931. The Morgan fingerprint density at radius 2 is 2.07 bits per heavy atom. The van der Waals surface area contributed by atoms with Gasteiger partial charge >= 0.3 is 0 Å². The molecule has 150 valence electrons. The molecule has 1 fully saturated rings. The minimum Gasteiger partial charge on any atom is -0.358 e. The summed E-state index contributed by atoms with van der Waals surface area (Å²) in [5, 5.41) is 16.6. The third-order valence-electron chi connectivity index (χ3n) is 5.80. The number of benzene rings is 1. The van der Waals surface area contributed by atoms with Crippen molar-refractivity contribution in [3.63, 3.8) is 0 Å². The van der Waals surface area contributed by atoms with Crippen LogP contribution >= 0.6 is 11.3 Å². The van der Waals surface area contributed by atoms with Crippen molar-refractivity contribution in [2.75, 3.05) is 18.0 Å². The standard InChI is InChI=1S/C23H21N5OS/c1-15-12-21(28-20-5-3-2-4-19(20)26-22(28)18(15)13-24)27-9-6-17(7-10-27)25-23(29)16-8-11-30-14-16/h2-5,8,11-12,14,17H,6-7,9-10H2,1H3,(H,25,29). The molecule has 0 saturated carbocycles. The number of amides is 1.